The summed E-state index contributed by atoms with van der Waals surface area (Å²) in [6.45, 7) is 3.96. The third kappa shape index (κ3) is 2.89. The van der Waals surface area contributed by atoms with Crippen molar-refractivity contribution in [2.75, 3.05) is 13.7 Å². The van der Waals surface area contributed by atoms with E-state index in [9.17, 15) is 15.2 Å². The van der Waals surface area contributed by atoms with E-state index in [4.69, 9.17) is 9.47 Å². The van der Waals surface area contributed by atoms with Crippen molar-refractivity contribution in [3.05, 3.63) is 27.8 Å². The van der Waals surface area contributed by atoms with Gasteiger partial charge in [-0.05, 0) is 19.4 Å². The molecule has 1 aromatic rings. The highest BCUT2D eigenvalue weighted by Gasteiger charge is 2.23. The molecule has 100 valence electrons. The standard InChI is InChI=1S/C12H17NO5/c1-4-10(14)8-6-12(18-5-2)11(17-3)7-9(8)13(15)16/h6-7,10,14H,4-5H2,1-3H3. The Labute approximate surface area is 105 Å². The first-order valence-corrected chi connectivity index (χ1v) is 5.72. The number of nitro benzene ring substituents is 1. The molecule has 1 unspecified atom stereocenters. The molecule has 0 aromatic heterocycles. The Morgan fingerprint density at radius 2 is 2.06 bits per heavy atom. The average Bonchev–Trinajstić information content (AvgIpc) is 2.37. The van der Waals surface area contributed by atoms with Gasteiger partial charge in [0, 0.05) is 0 Å². The maximum atomic E-state index is 11.0. The zero-order valence-electron chi connectivity index (χ0n) is 10.7. The summed E-state index contributed by atoms with van der Waals surface area (Å²) in [6.07, 6.45) is -0.505. The molecular weight excluding hydrogens is 238 g/mol. The smallest absolute Gasteiger partial charge is 0.279 e. The molecule has 0 radical (unpaired) electrons. The number of nitrogens with zero attached hydrogens (tertiary/aromatic N) is 1. The largest absolute Gasteiger partial charge is 0.493 e. The molecule has 0 aliphatic carbocycles. The minimum Gasteiger partial charge on any atom is -0.493 e. The topological polar surface area (TPSA) is 81.8 Å². The molecule has 6 heteroatoms. The summed E-state index contributed by atoms with van der Waals surface area (Å²) in [7, 11) is 1.41. The molecule has 1 rings (SSSR count). The maximum absolute atomic E-state index is 11.0. The summed E-state index contributed by atoms with van der Waals surface area (Å²) in [6, 6.07) is 2.74. The van der Waals surface area contributed by atoms with Gasteiger partial charge in [-0.15, -0.1) is 0 Å². The van der Waals surface area contributed by atoms with Crippen molar-refractivity contribution < 1.29 is 19.5 Å². The first-order valence-electron chi connectivity index (χ1n) is 5.72. The van der Waals surface area contributed by atoms with E-state index in [2.05, 4.69) is 0 Å². The van der Waals surface area contributed by atoms with Gasteiger partial charge in [0.25, 0.3) is 5.69 Å². The Kier molecular flexibility index (Phi) is 4.91. The highest BCUT2D eigenvalue weighted by Crippen LogP contribution is 2.38. The second kappa shape index (κ2) is 6.20. The highest BCUT2D eigenvalue weighted by molar-refractivity contribution is 5.55. The molecule has 18 heavy (non-hydrogen) atoms. The van der Waals surface area contributed by atoms with Crippen molar-refractivity contribution in [1.29, 1.82) is 0 Å². The van der Waals surface area contributed by atoms with E-state index in [1.54, 1.807) is 13.8 Å². The average molecular weight is 255 g/mol. The third-order valence-corrected chi connectivity index (χ3v) is 2.56. The van der Waals surface area contributed by atoms with Crippen LogP contribution in [0, 0.1) is 10.1 Å². The summed E-state index contributed by atoms with van der Waals surface area (Å²) in [5.41, 5.74) is 0.0800. The Hall–Kier alpha value is -1.82. The van der Waals surface area contributed by atoms with Crippen LogP contribution in [0.3, 0.4) is 0 Å². The van der Waals surface area contributed by atoms with Crippen LogP contribution in [0.4, 0.5) is 5.69 Å². The van der Waals surface area contributed by atoms with Crippen LogP contribution in [0.5, 0.6) is 11.5 Å². The van der Waals surface area contributed by atoms with Crippen LogP contribution in [-0.4, -0.2) is 23.7 Å². The molecule has 0 saturated carbocycles. The lowest BCUT2D eigenvalue weighted by molar-refractivity contribution is -0.386. The van der Waals surface area contributed by atoms with Gasteiger partial charge in [0.15, 0.2) is 11.5 Å². The summed E-state index contributed by atoms with van der Waals surface area (Å²) in [4.78, 5) is 10.4. The van der Waals surface area contributed by atoms with Crippen LogP contribution in [0.2, 0.25) is 0 Å². The molecule has 0 aliphatic heterocycles. The Bertz CT molecular complexity index is 433. The number of hydrogen-bond acceptors (Lipinski definition) is 5. The predicted octanol–water partition coefficient (Wildman–Crippen LogP) is 2.45. The first kappa shape index (κ1) is 14.2. The minimum absolute atomic E-state index is 0.162. The van der Waals surface area contributed by atoms with E-state index in [1.807, 2.05) is 0 Å². The number of aliphatic hydroxyl groups is 1. The number of rotatable bonds is 6. The van der Waals surface area contributed by atoms with Gasteiger partial charge in [0.1, 0.15) is 0 Å². The molecule has 0 fully saturated rings. The Balaban J connectivity index is 3.37. The van der Waals surface area contributed by atoms with E-state index in [1.165, 1.54) is 19.2 Å². The normalized spacial score (nSPS) is 12.0. The van der Waals surface area contributed by atoms with Gasteiger partial charge in [-0.2, -0.15) is 0 Å². The van der Waals surface area contributed by atoms with E-state index in [0.717, 1.165) is 0 Å². The second-order valence-electron chi connectivity index (χ2n) is 3.68. The van der Waals surface area contributed by atoms with E-state index in [-0.39, 0.29) is 17.0 Å². The zero-order chi connectivity index (χ0) is 13.7. The second-order valence-corrected chi connectivity index (χ2v) is 3.68. The van der Waals surface area contributed by atoms with E-state index < -0.39 is 11.0 Å². The molecular formula is C12H17NO5. The molecule has 1 atom stereocenters. The molecule has 0 aliphatic rings. The van der Waals surface area contributed by atoms with Crippen molar-refractivity contribution in [2.24, 2.45) is 0 Å². The van der Waals surface area contributed by atoms with Crippen molar-refractivity contribution in [3.8, 4) is 11.5 Å². The molecule has 1 aromatic carbocycles. The fraction of sp³-hybridized carbons (Fsp3) is 0.500. The van der Waals surface area contributed by atoms with Crippen LogP contribution < -0.4 is 9.47 Å². The van der Waals surface area contributed by atoms with Crippen LogP contribution in [0.1, 0.15) is 31.9 Å². The molecule has 6 nitrogen and oxygen atoms in total. The summed E-state index contributed by atoms with van der Waals surface area (Å²) in [5.74, 6) is 0.684. The summed E-state index contributed by atoms with van der Waals surface area (Å²) in [5, 5.41) is 20.8. The Morgan fingerprint density at radius 3 is 2.50 bits per heavy atom. The molecule has 0 heterocycles. The lowest BCUT2D eigenvalue weighted by Crippen LogP contribution is -2.04. The molecule has 0 spiro atoms. The van der Waals surface area contributed by atoms with Gasteiger partial charge >= 0.3 is 0 Å². The van der Waals surface area contributed by atoms with E-state index >= 15 is 0 Å². The van der Waals surface area contributed by atoms with E-state index in [0.29, 0.717) is 18.8 Å². The third-order valence-electron chi connectivity index (χ3n) is 2.56. The van der Waals surface area contributed by atoms with Gasteiger partial charge in [-0.3, -0.25) is 10.1 Å². The fourth-order valence-electron chi connectivity index (χ4n) is 1.64. The van der Waals surface area contributed by atoms with Gasteiger partial charge in [0.05, 0.1) is 36.4 Å². The number of ether oxygens (including phenoxy) is 2. The van der Waals surface area contributed by atoms with Gasteiger partial charge in [-0.1, -0.05) is 6.92 Å². The lowest BCUT2D eigenvalue weighted by atomic mass is 10.0. The van der Waals surface area contributed by atoms with Crippen molar-refractivity contribution in [1.82, 2.24) is 0 Å². The van der Waals surface area contributed by atoms with Gasteiger partial charge in [0.2, 0.25) is 0 Å². The fourth-order valence-corrected chi connectivity index (χ4v) is 1.64. The lowest BCUT2D eigenvalue weighted by Gasteiger charge is -2.14. The SMILES string of the molecule is CCOc1cc(C(O)CC)c([N+](=O)[O-])cc1OC. The molecule has 0 saturated heterocycles. The number of nitro groups is 1. The zero-order valence-corrected chi connectivity index (χ0v) is 10.7. The number of aliphatic hydroxyl groups excluding tert-OH is 1. The van der Waals surface area contributed by atoms with Crippen LogP contribution in [0.15, 0.2) is 12.1 Å². The number of benzene rings is 1. The molecule has 0 bridgehead atoms. The monoisotopic (exact) mass is 255 g/mol. The van der Waals surface area contributed by atoms with Crippen molar-refractivity contribution in [3.63, 3.8) is 0 Å². The quantitative estimate of drug-likeness (QED) is 0.623. The maximum Gasteiger partial charge on any atom is 0.279 e. The first-order chi connectivity index (χ1) is 8.54. The van der Waals surface area contributed by atoms with Crippen LogP contribution in [-0.2, 0) is 0 Å². The highest BCUT2D eigenvalue weighted by atomic mass is 16.6. The van der Waals surface area contributed by atoms with Crippen molar-refractivity contribution >= 4 is 5.69 Å². The van der Waals surface area contributed by atoms with Gasteiger partial charge < -0.3 is 14.6 Å². The van der Waals surface area contributed by atoms with Gasteiger partial charge in [-0.25, -0.2) is 0 Å². The molecule has 1 N–H and O–H groups in total. The Morgan fingerprint density at radius 1 is 1.39 bits per heavy atom. The van der Waals surface area contributed by atoms with Crippen LogP contribution in [0.25, 0.3) is 0 Å². The summed E-state index contributed by atoms with van der Waals surface area (Å²) >= 11 is 0. The predicted molar refractivity (Wildman–Crippen MR) is 66.1 cm³/mol. The van der Waals surface area contributed by atoms with Crippen LogP contribution >= 0.6 is 0 Å². The number of methoxy groups -OCH3 is 1. The summed E-state index contributed by atoms with van der Waals surface area (Å²) < 4.78 is 10.4. The number of hydrogen-bond donors (Lipinski definition) is 1. The minimum atomic E-state index is -0.893. The van der Waals surface area contributed by atoms with Crippen molar-refractivity contribution in [2.45, 2.75) is 26.4 Å². The molecule has 0 amide bonds.